The Balaban J connectivity index is 1.42. The van der Waals surface area contributed by atoms with Gasteiger partial charge >= 0.3 is 5.97 Å². The highest BCUT2D eigenvalue weighted by Gasteiger charge is 2.27. The van der Waals surface area contributed by atoms with Crippen LogP contribution >= 0.6 is 11.3 Å². The van der Waals surface area contributed by atoms with Crippen LogP contribution in [0.5, 0.6) is 5.75 Å². The zero-order valence-corrected chi connectivity index (χ0v) is 19.7. The summed E-state index contributed by atoms with van der Waals surface area (Å²) in [6.07, 6.45) is 3.61. The van der Waals surface area contributed by atoms with Gasteiger partial charge in [-0.05, 0) is 50.3 Å². The molecule has 1 fully saturated rings. The lowest BCUT2D eigenvalue weighted by atomic mass is 9.86. The molecule has 0 atom stereocenters. The number of nitrogens with zero attached hydrogens (tertiary/aromatic N) is 1. The van der Waals surface area contributed by atoms with Crippen LogP contribution in [0.1, 0.15) is 36.8 Å². The molecule has 3 aromatic rings. The molecular formula is C25H29BN2O3S. The summed E-state index contributed by atoms with van der Waals surface area (Å²) < 4.78 is 11.1. The zero-order chi connectivity index (χ0) is 22.5. The van der Waals surface area contributed by atoms with E-state index in [9.17, 15) is 4.79 Å². The van der Waals surface area contributed by atoms with Gasteiger partial charge in [-0.15, -0.1) is 11.3 Å². The Kier molecular flexibility index (Phi) is 7.15. The van der Waals surface area contributed by atoms with Crippen molar-refractivity contribution in [2.45, 2.75) is 45.3 Å². The third-order valence-electron chi connectivity index (χ3n) is 6.02. The minimum Gasteiger partial charge on any atom is -0.488 e. The molecule has 2 aromatic carbocycles. The molecule has 1 N–H and O–H groups in total. The molecule has 0 spiro atoms. The van der Waals surface area contributed by atoms with E-state index in [0.717, 1.165) is 53.4 Å². The molecule has 7 heteroatoms. The summed E-state index contributed by atoms with van der Waals surface area (Å²) in [6, 6.07) is 15.0. The monoisotopic (exact) mass is 448 g/mol. The molecule has 4 rings (SSSR count). The van der Waals surface area contributed by atoms with Gasteiger partial charge in [0.2, 0.25) is 0 Å². The Morgan fingerprint density at radius 1 is 1.16 bits per heavy atom. The Bertz CT molecular complexity index is 1060. The number of ether oxygens (including phenoxy) is 2. The summed E-state index contributed by atoms with van der Waals surface area (Å²) in [5, 5.41) is 6.55. The number of aryl methyl sites for hydroxylation is 1. The van der Waals surface area contributed by atoms with Gasteiger partial charge in [0.05, 0.1) is 18.7 Å². The van der Waals surface area contributed by atoms with Gasteiger partial charge in [0.15, 0.2) is 5.13 Å². The van der Waals surface area contributed by atoms with Gasteiger partial charge in [-0.2, -0.15) is 0 Å². The molecule has 0 radical (unpaired) electrons. The van der Waals surface area contributed by atoms with E-state index in [1.165, 1.54) is 18.1 Å². The Morgan fingerprint density at radius 2 is 1.91 bits per heavy atom. The summed E-state index contributed by atoms with van der Waals surface area (Å²) >= 11 is 1.61. The first-order chi connectivity index (χ1) is 15.5. The summed E-state index contributed by atoms with van der Waals surface area (Å²) in [5.41, 5.74) is 5.49. The van der Waals surface area contributed by atoms with Crippen LogP contribution in [-0.4, -0.2) is 32.0 Å². The Hall–Kier alpha value is -2.80. The van der Waals surface area contributed by atoms with E-state index in [1.807, 2.05) is 6.07 Å². The predicted molar refractivity (Wildman–Crippen MR) is 133 cm³/mol. The fourth-order valence-electron chi connectivity index (χ4n) is 4.09. The third-order valence-corrected chi connectivity index (χ3v) is 6.79. The van der Waals surface area contributed by atoms with Crippen LogP contribution in [0.4, 0.5) is 5.13 Å². The van der Waals surface area contributed by atoms with Crippen molar-refractivity contribution >= 4 is 35.7 Å². The molecule has 0 amide bonds. The Labute approximate surface area is 194 Å². The van der Waals surface area contributed by atoms with Gasteiger partial charge in [-0.25, -0.2) is 4.98 Å². The number of anilines is 1. The molecule has 1 saturated carbocycles. The number of rotatable bonds is 7. The molecule has 1 aliphatic rings. The fourth-order valence-corrected chi connectivity index (χ4v) is 4.88. The highest BCUT2D eigenvalue weighted by molar-refractivity contribution is 7.14. The lowest BCUT2D eigenvalue weighted by molar-refractivity contribution is -0.146. The molecule has 0 unspecified atom stereocenters. The lowest BCUT2D eigenvalue weighted by Crippen LogP contribution is -2.29. The number of thiazole rings is 1. The Morgan fingerprint density at radius 3 is 2.62 bits per heavy atom. The smallest absolute Gasteiger partial charge is 0.308 e. The van der Waals surface area contributed by atoms with Crippen molar-refractivity contribution in [3.63, 3.8) is 0 Å². The third kappa shape index (κ3) is 5.51. The van der Waals surface area contributed by atoms with Gasteiger partial charge in [-0.1, -0.05) is 41.4 Å². The molecule has 0 saturated heterocycles. The number of carbonyl (C=O) groups is 1. The van der Waals surface area contributed by atoms with Crippen molar-refractivity contribution in [2.24, 2.45) is 5.92 Å². The van der Waals surface area contributed by atoms with E-state index in [2.05, 4.69) is 61.9 Å². The minimum absolute atomic E-state index is 0.0328. The average molecular weight is 448 g/mol. The van der Waals surface area contributed by atoms with Gasteiger partial charge in [0, 0.05) is 17.0 Å². The minimum atomic E-state index is -0.0856. The maximum absolute atomic E-state index is 11.7. The standard InChI is InChI=1S/C25H29BN2O3S/c1-16-3-12-23(31-14-17-4-8-19(26)9-5-17)21(13-16)22-15-32-25(28-22)27-20-10-6-18(7-11-20)24(29)30-2/h3-5,8-9,12-13,15,18,20H,6-7,10-11,14,26H2,1-2H3,(H,27,28)/t18-,20+. The number of esters is 1. The summed E-state index contributed by atoms with van der Waals surface area (Å²) in [5.74, 6) is 0.787. The number of benzene rings is 2. The molecule has 0 aliphatic heterocycles. The van der Waals surface area contributed by atoms with Crippen LogP contribution in [-0.2, 0) is 16.1 Å². The topological polar surface area (TPSA) is 60.5 Å². The van der Waals surface area contributed by atoms with E-state index in [0.29, 0.717) is 12.6 Å². The number of methoxy groups -OCH3 is 1. The van der Waals surface area contributed by atoms with Crippen LogP contribution < -0.4 is 15.5 Å². The number of hydrogen-bond donors (Lipinski definition) is 1. The first-order valence-electron chi connectivity index (χ1n) is 11.1. The van der Waals surface area contributed by atoms with Crippen molar-refractivity contribution < 1.29 is 14.3 Å². The summed E-state index contributed by atoms with van der Waals surface area (Å²) in [7, 11) is 3.55. The number of nitrogens with one attached hydrogen (secondary N) is 1. The highest BCUT2D eigenvalue weighted by atomic mass is 32.1. The molecule has 1 aromatic heterocycles. The molecular weight excluding hydrogens is 419 g/mol. The first-order valence-corrected chi connectivity index (χ1v) is 12.0. The van der Waals surface area contributed by atoms with Gasteiger partial charge in [0.25, 0.3) is 0 Å². The number of hydrogen-bond acceptors (Lipinski definition) is 6. The fraction of sp³-hybridized carbons (Fsp3) is 0.360. The van der Waals surface area contributed by atoms with Crippen LogP contribution in [0, 0.1) is 12.8 Å². The van der Waals surface area contributed by atoms with Crippen LogP contribution in [0.2, 0.25) is 0 Å². The highest BCUT2D eigenvalue weighted by Crippen LogP contribution is 2.35. The SMILES string of the molecule is Bc1ccc(COc2ccc(C)cc2-c2csc(N[C@H]3CC[C@@H](C(=O)OC)CC3)n2)cc1. The van der Waals surface area contributed by atoms with Crippen molar-refractivity contribution in [2.75, 3.05) is 12.4 Å². The van der Waals surface area contributed by atoms with E-state index < -0.39 is 0 Å². The maximum atomic E-state index is 11.7. The van der Waals surface area contributed by atoms with Crippen molar-refractivity contribution in [3.05, 3.63) is 59.0 Å². The van der Waals surface area contributed by atoms with Crippen molar-refractivity contribution in [3.8, 4) is 17.0 Å². The van der Waals surface area contributed by atoms with E-state index >= 15 is 0 Å². The van der Waals surface area contributed by atoms with Crippen LogP contribution in [0.3, 0.4) is 0 Å². The lowest BCUT2D eigenvalue weighted by Gasteiger charge is -2.27. The van der Waals surface area contributed by atoms with Gasteiger partial charge < -0.3 is 14.8 Å². The average Bonchev–Trinajstić information content (AvgIpc) is 3.27. The van der Waals surface area contributed by atoms with E-state index in [4.69, 9.17) is 14.5 Å². The first kappa shape index (κ1) is 22.4. The van der Waals surface area contributed by atoms with Gasteiger partial charge in [-0.3, -0.25) is 4.79 Å². The largest absolute Gasteiger partial charge is 0.488 e. The quantitative estimate of drug-likeness (QED) is 0.436. The maximum Gasteiger partial charge on any atom is 0.308 e. The normalized spacial score (nSPS) is 18.2. The zero-order valence-electron chi connectivity index (χ0n) is 18.9. The van der Waals surface area contributed by atoms with E-state index in [-0.39, 0.29) is 11.9 Å². The van der Waals surface area contributed by atoms with Gasteiger partial charge in [0.1, 0.15) is 20.2 Å². The summed E-state index contributed by atoms with van der Waals surface area (Å²) in [4.78, 5) is 16.6. The second-order valence-corrected chi connectivity index (χ2v) is 9.39. The second kappa shape index (κ2) is 10.2. The van der Waals surface area contributed by atoms with Crippen molar-refractivity contribution in [1.29, 1.82) is 0 Å². The summed E-state index contributed by atoms with van der Waals surface area (Å²) in [6.45, 7) is 2.60. The molecule has 0 bridgehead atoms. The second-order valence-electron chi connectivity index (χ2n) is 8.53. The molecule has 1 aliphatic carbocycles. The van der Waals surface area contributed by atoms with Crippen LogP contribution in [0.15, 0.2) is 47.8 Å². The number of carbonyl (C=O) groups excluding carboxylic acids is 1. The van der Waals surface area contributed by atoms with Crippen LogP contribution in [0.25, 0.3) is 11.3 Å². The van der Waals surface area contributed by atoms with E-state index in [1.54, 1.807) is 11.3 Å². The molecule has 166 valence electrons. The molecule has 5 nitrogen and oxygen atoms in total. The molecule has 1 heterocycles. The van der Waals surface area contributed by atoms with Crippen molar-refractivity contribution in [1.82, 2.24) is 4.98 Å². The molecule has 32 heavy (non-hydrogen) atoms. The predicted octanol–water partition coefficient (Wildman–Crippen LogP) is 4.10. The number of aromatic nitrogens is 1.